The summed E-state index contributed by atoms with van der Waals surface area (Å²) in [6, 6.07) is 1.43. The third kappa shape index (κ3) is 2.98. The molecule has 1 saturated carbocycles. The number of hydrogen-bond donors (Lipinski definition) is 2. The molecule has 0 spiro atoms. The average Bonchev–Trinajstić information content (AvgIpc) is 3.05. The molecule has 0 aliphatic heterocycles. The Morgan fingerprint density at radius 2 is 2.32 bits per heavy atom. The van der Waals surface area contributed by atoms with Crippen LogP contribution < -0.4 is 10.6 Å². The lowest BCUT2D eigenvalue weighted by atomic mass is 10.2. The molecule has 1 aromatic rings. The molecule has 1 aliphatic rings. The van der Waals surface area contributed by atoms with Gasteiger partial charge in [-0.3, -0.25) is 14.9 Å². The minimum atomic E-state index is -0.556. The highest BCUT2D eigenvalue weighted by atomic mass is 16.6. The summed E-state index contributed by atoms with van der Waals surface area (Å²) in [6.07, 6.45) is 2.10. The molecule has 2 N–H and O–H groups in total. The van der Waals surface area contributed by atoms with Gasteiger partial charge in [-0.1, -0.05) is 6.92 Å². The molecule has 2 atom stereocenters. The van der Waals surface area contributed by atoms with Gasteiger partial charge >= 0.3 is 0 Å². The van der Waals surface area contributed by atoms with Crippen LogP contribution in [0, 0.1) is 16.0 Å². The van der Waals surface area contributed by atoms with Crippen LogP contribution in [0.15, 0.2) is 12.3 Å². The predicted octanol–water partition coefficient (Wildman–Crippen LogP) is 1.56. The van der Waals surface area contributed by atoms with E-state index in [9.17, 15) is 14.9 Å². The van der Waals surface area contributed by atoms with Crippen molar-refractivity contribution >= 4 is 17.4 Å². The molecule has 102 valence electrons. The van der Waals surface area contributed by atoms with Crippen LogP contribution >= 0.6 is 0 Å². The Kier molecular flexibility index (Phi) is 3.64. The number of amides is 1. The summed E-state index contributed by atoms with van der Waals surface area (Å²) in [7, 11) is 0. The zero-order valence-electron chi connectivity index (χ0n) is 10.8. The van der Waals surface area contributed by atoms with Crippen molar-refractivity contribution in [3.63, 3.8) is 0 Å². The van der Waals surface area contributed by atoms with Crippen molar-refractivity contribution in [3.8, 4) is 0 Å². The van der Waals surface area contributed by atoms with Crippen LogP contribution in [-0.2, 0) is 0 Å². The second-order valence-electron chi connectivity index (χ2n) is 4.67. The molecule has 19 heavy (non-hydrogen) atoms. The number of anilines is 1. The smallest absolute Gasteiger partial charge is 0.288 e. The lowest BCUT2D eigenvalue weighted by Gasteiger charge is -2.09. The molecule has 0 saturated heterocycles. The number of carbonyl (C=O) groups is 1. The number of nitro groups is 1. The molecule has 1 aromatic heterocycles. The van der Waals surface area contributed by atoms with Crippen LogP contribution in [0.4, 0.5) is 11.5 Å². The van der Waals surface area contributed by atoms with Crippen molar-refractivity contribution < 1.29 is 9.72 Å². The fourth-order valence-corrected chi connectivity index (χ4v) is 1.80. The molecule has 0 aromatic carbocycles. The summed E-state index contributed by atoms with van der Waals surface area (Å²) in [5, 5.41) is 16.5. The number of aromatic nitrogens is 1. The van der Waals surface area contributed by atoms with E-state index in [1.807, 2.05) is 13.8 Å². The van der Waals surface area contributed by atoms with Crippen molar-refractivity contribution in [2.75, 3.05) is 11.9 Å². The van der Waals surface area contributed by atoms with E-state index in [1.54, 1.807) is 0 Å². The van der Waals surface area contributed by atoms with Gasteiger partial charge in [0.2, 0.25) is 0 Å². The molecule has 1 fully saturated rings. The predicted molar refractivity (Wildman–Crippen MR) is 70.1 cm³/mol. The van der Waals surface area contributed by atoms with Crippen LogP contribution in [0.25, 0.3) is 0 Å². The van der Waals surface area contributed by atoms with Crippen molar-refractivity contribution in [3.05, 3.63) is 27.9 Å². The first-order valence-electron chi connectivity index (χ1n) is 6.22. The van der Waals surface area contributed by atoms with E-state index >= 15 is 0 Å². The molecule has 0 bridgehead atoms. The maximum Gasteiger partial charge on any atom is 0.288 e. The van der Waals surface area contributed by atoms with E-state index < -0.39 is 4.92 Å². The monoisotopic (exact) mass is 264 g/mol. The summed E-state index contributed by atoms with van der Waals surface area (Å²) in [5.41, 5.74) is 0.0331. The molecule has 7 heteroatoms. The Morgan fingerprint density at radius 1 is 1.63 bits per heavy atom. The van der Waals surface area contributed by atoms with Crippen LogP contribution in [0.1, 0.15) is 30.6 Å². The summed E-state index contributed by atoms with van der Waals surface area (Å²) in [5.74, 6) is 0.526. The average molecular weight is 264 g/mol. The minimum Gasteiger partial charge on any atom is -0.370 e. The first kappa shape index (κ1) is 13.3. The largest absolute Gasteiger partial charge is 0.370 e. The molecular weight excluding hydrogens is 248 g/mol. The molecule has 1 heterocycles. The zero-order valence-corrected chi connectivity index (χ0v) is 10.8. The van der Waals surface area contributed by atoms with E-state index in [0.29, 0.717) is 18.3 Å². The van der Waals surface area contributed by atoms with Gasteiger partial charge in [-0.05, 0) is 19.3 Å². The quantitative estimate of drug-likeness (QED) is 0.621. The zero-order chi connectivity index (χ0) is 14.0. The van der Waals surface area contributed by atoms with Crippen LogP contribution in [0.3, 0.4) is 0 Å². The van der Waals surface area contributed by atoms with Crippen LogP contribution in [0.5, 0.6) is 0 Å². The maximum absolute atomic E-state index is 12.1. The molecule has 7 nitrogen and oxygen atoms in total. The van der Waals surface area contributed by atoms with E-state index in [2.05, 4.69) is 15.6 Å². The van der Waals surface area contributed by atoms with Gasteiger partial charge in [-0.15, -0.1) is 0 Å². The number of pyridine rings is 1. The normalized spacial score (nSPS) is 20.7. The Morgan fingerprint density at radius 3 is 2.84 bits per heavy atom. The first-order valence-corrected chi connectivity index (χ1v) is 6.22. The highest BCUT2D eigenvalue weighted by Crippen LogP contribution is 2.30. The Balaban J connectivity index is 2.25. The fraction of sp³-hybridized carbons (Fsp3) is 0.500. The highest BCUT2D eigenvalue weighted by Gasteiger charge is 2.34. The SMILES string of the molecule is CCNc1ncc([N+](=O)[O-])cc1C(=O)NC1CC1C. The van der Waals surface area contributed by atoms with Gasteiger partial charge in [0.1, 0.15) is 12.0 Å². The highest BCUT2D eigenvalue weighted by molar-refractivity contribution is 5.99. The third-order valence-corrected chi connectivity index (χ3v) is 3.10. The Labute approximate surface area is 110 Å². The van der Waals surface area contributed by atoms with Crippen LogP contribution in [-0.4, -0.2) is 28.4 Å². The number of rotatable bonds is 5. The minimum absolute atomic E-state index is 0.168. The first-order chi connectivity index (χ1) is 9.02. The topological polar surface area (TPSA) is 97.2 Å². The van der Waals surface area contributed by atoms with Crippen molar-refractivity contribution in [2.24, 2.45) is 5.92 Å². The number of carbonyl (C=O) groups excluding carboxylic acids is 1. The number of hydrogen-bond acceptors (Lipinski definition) is 5. The third-order valence-electron chi connectivity index (χ3n) is 3.10. The summed E-state index contributed by atoms with van der Waals surface area (Å²) in [6.45, 7) is 4.50. The van der Waals surface area contributed by atoms with Gasteiger partial charge in [0.05, 0.1) is 10.5 Å². The van der Waals surface area contributed by atoms with E-state index in [0.717, 1.165) is 12.6 Å². The van der Waals surface area contributed by atoms with Crippen molar-refractivity contribution in [2.45, 2.75) is 26.3 Å². The molecule has 1 aliphatic carbocycles. The Hall–Kier alpha value is -2.18. The molecule has 2 rings (SSSR count). The maximum atomic E-state index is 12.1. The summed E-state index contributed by atoms with van der Waals surface area (Å²) >= 11 is 0. The van der Waals surface area contributed by atoms with E-state index in [-0.39, 0.29) is 23.2 Å². The molecule has 0 radical (unpaired) electrons. The lowest BCUT2D eigenvalue weighted by Crippen LogP contribution is -2.27. The van der Waals surface area contributed by atoms with Crippen molar-refractivity contribution in [1.82, 2.24) is 10.3 Å². The van der Waals surface area contributed by atoms with Crippen molar-refractivity contribution in [1.29, 1.82) is 0 Å². The molecule has 2 unspecified atom stereocenters. The second-order valence-corrected chi connectivity index (χ2v) is 4.67. The standard InChI is InChI=1S/C12H16N4O3/c1-3-13-11-9(5-8(6-14-11)16(18)19)12(17)15-10-4-7(10)2/h5-7,10H,3-4H2,1-2H3,(H,13,14)(H,15,17). The van der Waals surface area contributed by atoms with Crippen LogP contribution in [0.2, 0.25) is 0 Å². The van der Waals surface area contributed by atoms with E-state index in [4.69, 9.17) is 0 Å². The van der Waals surface area contributed by atoms with E-state index in [1.165, 1.54) is 6.07 Å². The summed E-state index contributed by atoms with van der Waals surface area (Å²) in [4.78, 5) is 26.2. The van der Waals surface area contributed by atoms with Gasteiger partial charge in [-0.25, -0.2) is 4.98 Å². The summed E-state index contributed by atoms with van der Waals surface area (Å²) < 4.78 is 0. The Bertz CT molecular complexity index is 518. The van der Waals surface area contributed by atoms with Gasteiger partial charge in [-0.2, -0.15) is 0 Å². The number of nitrogens with zero attached hydrogens (tertiary/aromatic N) is 2. The van der Waals surface area contributed by atoms with Gasteiger partial charge in [0.25, 0.3) is 11.6 Å². The second kappa shape index (κ2) is 5.21. The van der Waals surface area contributed by atoms with Gasteiger partial charge < -0.3 is 10.6 Å². The number of nitrogens with one attached hydrogen (secondary N) is 2. The van der Waals surface area contributed by atoms with Gasteiger partial charge in [0.15, 0.2) is 0 Å². The fourth-order valence-electron chi connectivity index (χ4n) is 1.80. The lowest BCUT2D eigenvalue weighted by molar-refractivity contribution is -0.385. The molecule has 1 amide bonds. The molecular formula is C12H16N4O3. The van der Waals surface area contributed by atoms with Gasteiger partial charge in [0, 0.05) is 18.7 Å².